The van der Waals surface area contributed by atoms with E-state index in [2.05, 4.69) is 5.32 Å². The lowest BCUT2D eigenvalue weighted by Gasteiger charge is -2.24. The summed E-state index contributed by atoms with van der Waals surface area (Å²) in [4.78, 5) is 22.9. The number of carbonyl (C=O) groups is 2. The summed E-state index contributed by atoms with van der Waals surface area (Å²) < 4.78 is 5.19. The molecule has 0 aliphatic rings. The number of aryl methyl sites for hydroxylation is 2. The number of hydrogen-bond acceptors (Lipinski definition) is 3. The normalized spacial score (nSPS) is 12.6. The molecule has 1 atom stereocenters. The van der Waals surface area contributed by atoms with Crippen molar-refractivity contribution in [3.63, 3.8) is 0 Å². The number of benzene rings is 1. The van der Waals surface area contributed by atoms with Gasteiger partial charge in [-0.3, -0.25) is 4.79 Å². The number of nitrogens with one attached hydrogen (secondary N) is 1. The lowest BCUT2D eigenvalue weighted by Crippen LogP contribution is -2.36. The quantitative estimate of drug-likeness (QED) is 0.892. The predicted octanol–water partition coefficient (Wildman–Crippen LogP) is 3.34. The number of carboxylic acids is 1. The van der Waals surface area contributed by atoms with Gasteiger partial charge in [-0.25, -0.2) is 4.79 Å². The summed E-state index contributed by atoms with van der Waals surface area (Å²) in [5.74, 6) is -0.976. The number of rotatable bonds is 4. The minimum atomic E-state index is -0.976. The lowest BCUT2D eigenvalue weighted by molar-refractivity contribution is -0.137. The third-order valence-electron chi connectivity index (χ3n) is 2.87. The molecule has 1 rings (SSSR count). The van der Waals surface area contributed by atoms with Crippen LogP contribution in [0.25, 0.3) is 0 Å². The van der Waals surface area contributed by atoms with Crippen molar-refractivity contribution in [2.24, 2.45) is 0 Å². The molecule has 0 saturated carbocycles. The Morgan fingerprint density at radius 1 is 1.29 bits per heavy atom. The van der Waals surface area contributed by atoms with Gasteiger partial charge in [0, 0.05) is 0 Å². The van der Waals surface area contributed by atoms with Crippen molar-refractivity contribution in [1.29, 1.82) is 0 Å². The van der Waals surface area contributed by atoms with Crippen LogP contribution >= 0.6 is 0 Å². The summed E-state index contributed by atoms with van der Waals surface area (Å²) in [6.45, 7) is 9.14. The van der Waals surface area contributed by atoms with Crippen LogP contribution in [0.5, 0.6) is 0 Å². The molecule has 0 fully saturated rings. The van der Waals surface area contributed by atoms with Crippen molar-refractivity contribution in [3.8, 4) is 0 Å². The molecule has 0 aromatic heterocycles. The van der Waals surface area contributed by atoms with Crippen LogP contribution in [0.1, 0.15) is 49.9 Å². The number of aliphatic carboxylic acids is 1. The van der Waals surface area contributed by atoms with Crippen LogP contribution in [0.4, 0.5) is 4.79 Å². The maximum Gasteiger partial charge on any atom is 0.408 e. The van der Waals surface area contributed by atoms with E-state index in [0.717, 1.165) is 16.7 Å². The van der Waals surface area contributed by atoms with Crippen LogP contribution in [0.15, 0.2) is 18.2 Å². The summed E-state index contributed by atoms with van der Waals surface area (Å²) in [5.41, 5.74) is 2.19. The molecular weight excluding hydrogens is 270 g/mol. The highest BCUT2D eigenvalue weighted by atomic mass is 16.6. The Morgan fingerprint density at radius 3 is 2.38 bits per heavy atom. The average Bonchev–Trinajstić information content (AvgIpc) is 2.24. The fraction of sp³-hybridized carbons (Fsp3) is 0.500. The summed E-state index contributed by atoms with van der Waals surface area (Å²) in [7, 11) is 0. The van der Waals surface area contributed by atoms with Gasteiger partial charge in [0.05, 0.1) is 12.5 Å². The van der Waals surface area contributed by atoms with E-state index in [1.165, 1.54) is 0 Å². The molecule has 5 heteroatoms. The van der Waals surface area contributed by atoms with E-state index in [9.17, 15) is 9.59 Å². The highest BCUT2D eigenvalue weighted by Gasteiger charge is 2.23. The van der Waals surface area contributed by atoms with Crippen LogP contribution in [0.2, 0.25) is 0 Å². The zero-order valence-corrected chi connectivity index (χ0v) is 13.2. The Hall–Kier alpha value is -2.04. The number of ether oxygens (including phenoxy) is 1. The molecule has 116 valence electrons. The molecular formula is C16H23NO4. The molecule has 1 amide bonds. The second kappa shape index (κ2) is 6.61. The fourth-order valence-corrected chi connectivity index (χ4v) is 2.08. The zero-order valence-electron chi connectivity index (χ0n) is 13.2. The first-order valence-electron chi connectivity index (χ1n) is 6.87. The topological polar surface area (TPSA) is 75.6 Å². The monoisotopic (exact) mass is 293 g/mol. The lowest BCUT2D eigenvalue weighted by atomic mass is 9.97. The molecule has 0 bridgehead atoms. The van der Waals surface area contributed by atoms with E-state index < -0.39 is 23.7 Å². The van der Waals surface area contributed by atoms with Crippen molar-refractivity contribution in [3.05, 3.63) is 34.9 Å². The van der Waals surface area contributed by atoms with Crippen LogP contribution in [0, 0.1) is 13.8 Å². The van der Waals surface area contributed by atoms with E-state index in [1.54, 1.807) is 20.8 Å². The van der Waals surface area contributed by atoms with Crippen LogP contribution in [0.3, 0.4) is 0 Å². The second-order valence-electron chi connectivity index (χ2n) is 6.16. The van der Waals surface area contributed by atoms with E-state index >= 15 is 0 Å². The van der Waals surface area contributed by atoms with Gasteiger partial charge in [-0.05, 0) is 45.7 Å². The summed E-state index contributed by atoms with van der Waals surface area (Å²) in [6.07, 6.45) is -0.808. The second-order valence-corrected chi connectivity index (χ2v) is 6.16. The molecule has 1 unspecified atom stereocenters. The minimum absolute atomic E-state index is 0.191. The Bertz CT molecular complexity index is 532. The Balaban J connectivity index is 2.95. The molecule has 0 aliphatic carbocycles. The van der Waals surface area contributed by atoms with Gasteiger partial charge in [0.15, 0.2) is 0 Å². The summed E-state index contributed by atoms with van der Waals surface area (Å²) in [5, 5.41) is 11.7. The van der Waals surface area contributed by atoms with Gasteiger partial charge >= 0.3 is 12.1 Å². The largest absolute Gasteiger partial charge is 0.481 e. The van der Waals surface area contributed by atoms with Gasteiger partial charge in [-0.15, -0.1) is 0 Å². The first kappa shape index (κ1) is 17.0. The average molecular weight is 293 g/mol. The van der Waals surface area contributed by atoms with Gasteiger partial charge in [0.25, 0.3) is 0 Å². The SMILES string of the molecule is Cc1ccc(C(CC(=O)O)NC(=O)OC(C)(C)C)c(C)c1. The third-order valence-corrected chi connectivity index (χ3v) is 2.87. The van der Waals surface area contributed by atoms with Crippen molar-refractivity contribution in [2.45, 2.75) is 52.7 Å². The molecule has 0 spiro atoms. The van der Waals surface area contributed by atoms with Gasteiger partial charge in [-0.1, -0.05) is 23.8 Å². The summed E-state index contributed by atoms with van der Waals surface area (Å²) >= 11 is 0. The number of alkyl carbamates (subject to hydrolysis) is 1. The minimum Gasteiger partial charge on any atom is -0.481 e. The first-order chi connectivity index (χ1) is 9.58. The molecule has 2 N–H and O–H groups in total. The third kappa shape index (κ3) is 5.85. The Morgan fingerprint density at radius 2 is 1.90 bits per heavy atom. The van der Waals surface area contributed by atoms with Gasteiger partial charge in [-0.2, -0.15) is 0 Å². The highest BCUT2D eigenvalue weighted by molar-refractivity contribution is 5.72. The van der Waals surface area contributed by atoms with E-state index in [4.69, 9.17) is 9.84 Å². The molecule has 1 aromatic rings. The van der Waals surface area contributed by atoms with Gasteiger partial charge in [0.1, 0.15) is 5.60 Å². The van der Waals surface area contributed by atoms with Crippen molar-refractivity contribution < 1.29 is 19.4 Å². The van der Waals surface area contributed by atoms with Crippen molar-refractivity contribution >= 4 is 12.1 Å². The predicted molar refractivity (Wildman–Crippen MR) is 80.3 cm³/mol. The maximum atomic E-state index is 11.9. The van der Waals surface area contributed by atoms with E-state index in [0.29, 0.717) is 0 Å². The molecule has 1 aromatic carbocycles. The standard InChI is InChI=1S/C16H23NO4/c1-10-6-7-12(11(2)8-10)13(9-14(18)19)17-15(20)21-16(3,4)5/h6-8,13H,9H2,1-5H3,(H,17,20)(H,18,19). The smallest absolute Gasteiger partial charge is 0.408 e. The summed E-state index contributed by atoms with van der Waals surface area (Å²) in [6, 6.07) is 5.09. The van der Waals surface area contributed by atoms with Crippen molar-refractivity contribution in [2.75, 3.05) is 0 Å². The fourth-order valence-electron chi connectivity index (χ4n) is 2.08. The molecule has 0 aliphatic heterocycles. The van der Waals surface area contributed by atoms with Crippen LogP contribution in [-0.2, 0) is 9.53 Å². The van der Waals surface area contributed by atoms with Crippen LogP contribution < -0.4 is 5.32 Å². The number of carbonyl (C=O) groups excluding carboxylic acids is 1. The number of hydrogen-bond donors (Lipinski definition) is 2. The van der Waals surface area contributed by atoms with Gasteiger partial charge in [0.2, 0.25) is 0 Å². The molecule has 0 radical (unpaired) electrons. The molecule has 21 heavy (non-hydrogen) atoms. The highest BCUT2D eigenvalue weighted by Crippen LogP contribution is 2.22. The van der Waals surface area contributed by atoms with Crippen molar-refractivity contribution in [1.82, 2.24) is 5.32 Å². The van der Waals surface area contributed by atoms with Gasteiger partial charge < -0.3 is 15.2 Å². The number of amides is 1. The van der Waals surface area contributed by atoms with E-state index in [1.807, 2.05) is 32.0 Å². The Kier molecular flexibility index (Phi) is 5.35. The van der Waals surface area contributed by atoms with E-state index in [-0.39, 0.29) is 6.42 Å². The molecule has 0 saturated heterocycles. The molecule has 5 nitrogen and oxygen atoms in total. The molecule has 0 heterocycles. The van der Waals surface area contributed by atoms with Crippen LogP contribution in [-0.4, -0.2) is 22.8 Å². The zero-order chi connectivity index (χ0) is 16.2. The maximum absolute atomic E-state index is 11.9. The Labute approximate surface area is 125 Å². The number of carboxylic acid groups (broad SMARTS) is 1. The first-order valence-corrected chi connectivity index (χ1v) is 6.87.